The maximum atomic E-state index is 4.91. The van der Waals surface area contributed by atoms with Gasteiger partial charge in [-0.25, -0.2) is 4.98 Å². The third kappa shape index (κ3) is 3.58. The molecule has 22 heavy (non-hydrogen) atoms. The SMILES string of the molecule is CCSc1cccc(P(c2ccccc2)c2ccccc2)n1. The van der Waals surface area contributed by atoms with Crippen LogP contribution in [0.15, 0.2) is 83.9 Å². The molecule has 0 radical (unpaired) electrons. The van der Waals surface area contributed by atoms with Crippen LogP contribution < -0.4 is 16.0 Å². The zero-order valence-electron chi connectivity index (χ0n) is 12.5. The van der Waals surface area contributed by atoms with Gasteiger partial charge >= 0.3 is 0 Å². The lowest BCUT2D eigenvalue weighted by molar-refractivity contribution is 1.17. The number of hydrogen-bond donors (Lipinski definition) is 0. The second-order valence-corrected chi connectivity index (χ2v) is 8.22. The molecule has 110 valence electrons. The number of thioether (sulfide) groups is 1. The van der Waals surface area contributed by atoms with Gasteiger partial charge in [0.1, 0.15) is 0 Å². The third-order valence-corrected chi connectivity index (χ3v) is 6.41. The summed E-state index contributed by atoms with van der Waals surface area (Å²) in [6.45, 7) is 2.16. The third-order valence-electron chi connectivity index (χ3n) is 3.26. The smallest absolute Gasteiger partial charge is 0.0967 e. The molecule has 2 aromatic carbocycles. The first-order valence-corrected chi connectivity index (χ1v) is 9.71. The van der Waals surface area contributed by atoms with Crippen LogP contribution in [-0.2, 0) is 0 Å². The average Bonchev–Trinajstić information content (AvgIpc) is 2.58. The fraction of sp³-hybridized carbons (Fsp3) is 0.105. The molecule has 3 aromatic rings. The van der Waals surface area contributed by atoms with Crippen molar-refractivity contribution >= 4 is 35.7 Å². The molecule has 0 aliphatic carbocycles. The molecule has 0 aliphatic rings. The van der Waals surface area contributed by atoms with Crippen LogP contribution in [0.2, 0.25) is 0 Å². The molecule has 0 atom stereocenters. The molecule has 0 saturated heterocycles. The van der Waals surface area contributed by atoms with E-state index < -0.39 is 7.92 Å². The summed E-state index contributed by atoms with van der Waals surface area (Å²) in [7, 11) is -0.597. The molecule has 1 heterocycles. The molecule has 0 saturated carbocycles. The van der Waals surface area contributed by atoms with Crippen LogP contribution in [0.4, 0.5) is 0 Å². The summed E-state index contributed by atoms with van der Waals surface area (Å²) >= 11 is 1.80. The first-order chi connectivity index (χ1) is 10.9. The maximum Gasteiger partial charge on any atom is 0.0967 e. The van der Waals surface area contributed by atoms with Gasteiger partial charge in [-0.1, -0.05) is 73.7 Å². The molecule has 0 spiro atoms. The van der Waals surface area contributed by atoms with E-state index in [0.29, 0.717) is 0 Å². The number of aromatic nitrogens is 1. The fourth-order valence-electron chi connectivity index (χ4n) is 2.32. The van der Waals surface area contributed by atoms with Crippen molar-refractivity contribution in [1.82, 2.24) is 4.98 Å². The fourth-order valence-corrected chi connectivity index (χ4v) is 5.24. The van der Waals surface area contributed by atoms with Crippen molar-refractivity contribution in [2.75, 3.05) is 5.75 Å². The van der Waals surface area contributed by atoms with Gasteiger partial charge in [0.05, 0.1) is 10.5 Å². The number of hydrogen-bond acceptors (Lipinski definition) is 2. The van der Waals surface area contributed by atoms with Gasteiger partial charge in [-0.05, 0) is 28.5 Å². The topological polar surface area (TPSA) is 12.9 Å². The van der Waals surface area contributed by atoms with Crippen LogP contribution in [0.3, 0.4) is 0 Å². The van der Waals surface area contributed by atoms with E-state index in [2.05, 4.69) is 85.8 Å². The standard InChI is InChI=1S/C19H18NPS/c1-2-22-19-15-9-14-18(20-19)21(16-10-5-3-6-11-16)17-12-7-4-8-13-17/h3-15H,2H2,1H3. The Kier molecular flexibility index (Phi) is 5.26. The van der Waals surface area contributed by atoms with Gasteiger partial charge in [0, 0.05) is 7.92 Å². The molecule has 0 bridgehead atoms. The lowest BCUT2D eigenvalue weighted by Crippen LogP contribution is -2.22. The Morgan fingerprint density at radius 3 is 1.91 bits per heavy atom. The molecule has 0 amide bonds. The molecular weight excluding hydrogens is 305 g/mol. The summed E-state index contributed by atoms with van der Waals surface area (Å²) < 4.78 is 0. The van der Waals surface area contributed by atoms with E-state index in [0.717, 1.165) is 10.8 Å². The Morgan fingerprint density at radius 1 is 0.773 bits per heavy atom. The Balaban J connectivity index is 2.08. The average molecular weight is 323 g/mol. The zero-order valence-corrected chi connectivity index (χ0v) is 14.2. The minimum absolute atomic E-state index is 0.597. The summed E-state index contributed by atoms with van der Waals surface area (Å²) in [4.78, 5) is 4.91. The van der Waals surface area contributed by atoms with Crippen molar-refractivity contribution in [3.8, 4) is 0 Å². The number of pyridine rings is 1. The van der Waals surface area contributed by atoms with Crippen molar-refractivity contribution in [1.29, 1.82) is 0 Å². The van der Waals surface area contributed by atoms with Crippen LogP contribution in [0, 0.1) is 0 Å². The lowest BCUT2D eigenvalue weighted by atomic mass is 10.4. The molecule has 0 aliphatic heterocycles. The highest BCUT2D eigenvalue weighted by molar-refractivity contribution is 7.99. The first kappa shape index (κ1) is 15.3. The van der Waals surface area contributed by atoms with Gasteiger partial charge in [-0.2, -0.15) is 0 Å². The highest BCUT2D eigenvalue weighted by atomic mass is 32.2. The highest BCUT2D eigenvalue weighted by Gasteiger charge is 2.17. The van der Waals surface area contributed by atoms with Crippen LogP contribution >= 0.6 is 19.7 Å². The quantitative estimate of drug-likeness (QED) is 0.521. The predicted octanol–water partition coefficient (Wildman–Crippen LogP) is 3.95. The van der Waals surface area contributed by atoms with E-state index >= 15 is 0 Å². The summed E-state index contributed by atoms with van der Waals surface area (Å²) in [6.07, 6.45) is 0. The van der Waals surface area contributed by atoms with Gasteiger partial charge < -0.3 is 0 Å². The molecule has 0 fully saturated rings. The van der Waals surface area contributed by atoms with Crippen LogP contribution in [0.25, 0.3) is 0 Å². The van der Waals surface area contributed by atoms with Gasteiger partial charge in [-0.3, -0.25) is 0 Å². The van der Waals surface area contributed by atoms with Crippen LogP contribution in [0.5, 0.6) is 0 Å². The zero-order chi connectivity index (χ0) is 15.2. The summed E-state index contributed by atoms with van der Waals surface area (Å²) in [5, 5.41) is 3.80. The van der Waals surface area contributed by atoms with E-state index in [1.807, 2.05) is 0 Å². The predicted molar refractivity (Wildman–Crippen MR) is 99.3 cm³/mol. The van der Waals surface area contributed by atoms with Crippen molar-refractivity contribution in [3.63, 3.8) is 0 Å². The Hall–Kier alpha value is -1.63. The van der Waals surface area contributed by atoms with Crippen molar-refractivity contribution < 1.29 is 0 Å². The second kappa shape index (κ2) is 7.58. The monoisotopic (exact) mass is 323 g/mol. The van der Waals surface area contributed by atoms with E-state index in [9.17, 15) is 0 Å². The minimum Gasteiger partial charge on any atom is -0.241 e. The molecular formula is C19H18NPS. The van der Waals surface area contributed by atoms with Crippen molar-refractivity contribution in [2.24, 2.45) is 0 Å². The van der Waals surface area contributed by atoms with Gasteiger partial charge in [-0.15, -0.1) is 11.8 Å². The van der Waals surface area contributed by atoms with Crippen LogP contribution in [-0.4, -0.2) is 10.7 Å². The van der Waals surface area contributed by atoms with Crippen molar-refractivity contribution in [3.05, 3.63) is 78.9 Å². The van der Waals surface area contributed by atoms with Crippen LogP contribution in [0.1, 0.15) is 6.92 Å². The number of rotatable bonds is 5. The van der Waals surface area contributed by atoms with Gasteiger partial charge in [0.2, 0.25) is 0 Å². The van der Waals surface area contributed by atoms with E-state index in [1.165, 1.54) is 16.0 Å². The summed E-state index contributed by atoms with van der Waals surface area (Å²) in [6, 6.07) is 27.8. The molecule has 1 aromatic heterocycles. The van der Waals surface area contributed by atoms with Gasteiger partial charge in [0.15, 0.2) is 0 Å². The molecule has 3 rings (SSSR count). The molecule has 1 nitrogen and oxygen atoms in total. The second-order valence-electron chi connectivity index (χ2n) is 4.77. The van der Waals surface area contributed by atoms with Crippen molar-refractivity contribution in [2.45, 2.75) is 11.9 Å². The lowest BCUT2D eigenvalue weighted by Gasteiger charge is -2.18. The normalized spacial score (nSPS) is 10.8. The largest absolute Gasteiger partial charge is 0.241 e. The summed E-state index contributed by atoms with van der Waals surface area (Å²) in [5.41, 5.74) is 1.17. The Labute approximate surface area is 137 Å². The number of nitrogens with zero attached hydrogens (tertiary/aromatic N) is 1. The van der Waals surface area contributed by atoms with E-state index in [-0.39, 0.29) is 0 Å². The Morgan fingerprint density at radius 2 is 1.36 bits per heavy atom. The first-order valence-electron chi connectivity index (χ1n) is 7.38. The van der Waals surface area contributed by atoms with E-state index in [1.54, 1.807) is 11.8 Å². The Bertz CT molecular complexity index is 676. The molecule has 0 N–H and O–H groups in total. The molecule has 0 unspecified atom stereocenters. The number of benzene rings is 2. The highest BCUT2D eigenvalue weighted by Crippen LogP contribution is 2.32. The maximum absolute atomic E-state index is 4.91. The van der Waals surface area contributed by atoms with Gasteiger partial charge in [0.25, 0.3) is 0 Å². The molecule has 3 heteroatoms. The minimum atomic E-state index is -0.597. The summed E-state index contributed by atoms with van der Waals surface area (Å²) in [5.74, 6) is 1.05. The van der Waals surface area contributed by atoms with E-state index in [4.69, 9.17) is 4.98 Å².